The largest absolute Gasteiger partial charge is 0.387 e. The molecule has 0 saturated heterocycles. The molecule has 4 saturated carbocycles. The number of alkyl halides is 1. The molecule has 4 fully saturated rings. The van der Waals surface area contributed by atoms with Crippen LogP contribution < -0.4 is 0 Å². The summed E-state index contributed by atoms with van der Waals surface area (Å²) >= 11 is 0. The second-order valence-electron chi connectivity index (χ2n) is 5.66. The van der Waals surface area contributed by atoms with Crippen LogP contribution >= 0.6 is 0 Å². The summed E-state index contributed by atoms with van der Waals surface area (Å²) in [6.07, 6.45) is 4.59. The lowest BCUT2D eigenvalue weighted by Gasteiger charge is -2.60. The molecule has 0 aromatic carbocycles. The van der Waals surface area contributed by atoms with E-state index in [1.165, 1.54) is 6.42 Å². The monoisotopic (exact) mass is 184 g/mol. The van der Waals surface area contributed by atoms with E-state index >= 15 is 0 Å². The Morgan fingerprint density at radius 3 is 2.15 bits per heavy atom. The fourth-order valence-corrected chi connectivity index (χ4v) is 4.13. The van der Waals surface area contributed by atoms with E-state index in [9.17, 15) is 9.50 Å². The van der Waals surface area contributed by atoms with Crippen molar-refractivity contribution in [3.63, 3.8) is 0 Å². The Balaban J connectivity index is 2.03. The lowest BCUT2D eigenvalue weighted by Crippen LogP contribution is -2.65. The van der Waals surface area contributed by atoms with E-state index in [-0.39, 0.29) is 5.92 Å². The number of hydrogen-bond donors (Lipinski definition) is 1. The Labute approximate surface area is 78.3 Å². The highest BCUT2D eigenvalue weighted by molar-refractivity contribution is 5.14. The van der Waals surface area contributed by atoms with Gasteiger partial charge in [0.25, 0.3) is 0 Å². The Bertz CT molecular complexity index is 234. The first kappa shape index (κ1) is 8.22. The average Bonchev–Trinajstić information content (AvgIpc) is 1.99. The molecule has 4 bridgehead atoms. The van der Waals surface area contributed by atoms with E-state index in [0.717, 1.165) is 12.8 Å². The molecule has 74 valence electrons. The maximum Gasteiger partial charge on any atom is 0.140 e. The smallest absolute Gasteiger partial charge is 0.140 e. The summed E-state index contributed by atoms with van der Waals surface area (Å²) in [6, 6.07) is 0. The third-order valence-corrected chi connectivity index (χ3v) is 4.83. The Morgan fingerprint density at radius 1 is 1.15 bits per heavy atom. The molecule has 0 heterocycles. The van der Waals surface area contributed by atoms with E-state index in [2.05, 4.69) is 0 Å². The van der Waals surface area contributed by atoms with Crippen LogP contribution in [0.15, 0.2) is 0 Å². The van der Waals surface area contributed by atoms with Gasteiger partial charge in [0, 0.05) is 0 Å². The lowest BCUT2D eigenvalue weighted by atomic mass is 9.49. The van der Waals surface area contributed by atoms with E-state index in [1.54, 1.807) is 6.92 Å². The molecular weight excluding hydrogens is 167 g/mol. The van der Waals surface area contributed by atoms with Crippen LogP contribution in [0.1, 0.15) is 39.0 Å². The molecule has 0 radical (unpaired) electrons. The minimum Gasteiger partial charge on any atom is -0.387 e. The van der Waals surface area contributed by atoms with Gasteiger partial charge in [-0.3, -0.25) is 0 Å². The zero-order chi connectivity index (χ0) is 9.27. The second kappa shape index (κ2) is 2.10. The third-order valence-electron chi connectivity index (χ3n) is 4.83. The molecule has 3 atom stereocenters. The molecule has 0 aromatic heterocycles. The van der Waals surface area contributed by atoms with Gasteiger partial charge in [-0.15, -0.1) is 0 Å². The van der Waals surface area contributed by atoms with Crippen LogP contribution in [0, 0.1) is 17.8 Å². The minimum absolute atomic E-state index is 0.240. The lowest BCUT2D eigenvalue weighted by molar-refractivity contribution is -0.225. The number of aliphatic hydroxyl groups is 1. The van der Waals surface area contributed by atoms with Crippen LogP contribution in [0.5, 0.6) is 0 Å². The van der Waals surface area contributed by atoms with E-state index < -0.39 is 11.3 Å². The molecule has 0 amide bonds. The second-order valence-corrected chi connectivity index (χ2v) is 5.66. The first-order valence-corrected chi connectivity index (χ1v) is 5.42. The highest BCUT2D eigenvalue weighted by atomic mass is 19.1. The van der Waals surface area contributed by atoms with Crippen LogP contribution in [0.3, 0.4) is 0 Å². The zero-order valence-corrected chi connectivity index (χ0v) is 8.09. The predicted molar refractivity (Wildman–Crippen MR) is 48.0 cm³/mol. The first-order chi connectivity index (χ1) is 6.01. The van der Waals surface area contributed by atoms with Gasteiger partial charge in [0.2, 0.25) is 0 Å². The van der Waals surface area contributed by atoms with Crippen molar-refractivity contribution >= 4 is 0 Å². The van der Waals surface area contributed by atoms with Gasteiger partial charge < -0.3 is 5.11 Å². The zero-order valence-electron chi connectivity index (χ0n) is 8.09. The highest BCUT2D eigenvalue weighted by Crippen LogP contribution is 2.61. The fourth-order valence-electron chi connectivity index (χ4n) is 4.13. The van der Waals surface area contributed by atoms with Crippen molar-refractivity contribution in [2.24, 2.45) is 17.8 Å². The molecule has 1 nitrogen and oxygen atoms in total. The summed E-state index contributed by atoms with van der Waals surface area (Å²) in [5, 5.41) is 10.2. The van der Waals surface area contributed by atoms with Crippen molar-refractivity contribution in [3.05, 3.63) is 0 Å². The molecule has 4 aliphatic rings. The predicted octanol–water partition coefficient (Wildman–Crippen LogP) is 2.29. The highest BCUT2D eigenvalue weighted by Gasteiger charge is 2.63. The maximum atomic E-state index is 14.4. The van der Waals surface area contributed by atoms with Crippen molar-refractivity contribution in [1.82, 2.24) is 0 Å². The van der Waals surface area contributed by atoms with Crippen molar-refractivity contribution in [1.29, 1.82) is 0 Å². The van der Waals surface area contributed by atoms with Crippen molar-refractivity contribution in [2.45, 2.75) is 50.3 Å². The fraction of sp³-hybridized carbons (Fsp3) is 1.00. The molecule has 1 N–H and O–H groups in total. The summed E-state index contributed by atoms with van der Waals surface area (Å²) in [5.41, 5.74) is -2.28. The molecule has 0 aliphatic heterocycles. The Hall–Kier alpha value is -0.110. The van der Waals surface area contributed by atoms with Gasteiger partial charge in [-0.2, -0.15) is 0 Å². The standard InChI is InChI=1S/C11H17FO/c1-10(13)9-3-7-2-8(4-9)6-11(10,12)5-7/h7-9,13H,2-6H2,1H3. The van der Waals surface area contributed by atoms with E-state index in [1.807, 2.05) is 0 Å². The van der Waals surface area contributed by atoms with Crippen LogP contribution in [0.25, 0.3) is 0 Å². The van der Waals surface area contributed by atoms with Crippen LogP contribution in [-0.2, 0) is 0 Å². The molecule has 4 rings (SSSR count). The number of hydrogen-bond acceptors (Lipinski definition) is 1. The summed E-state index contributed by atoms with van der Waals surface area (Å²) in [4.78, 5) is 0. The topological polar surface area (TPSA) is 20.2 Å². The molecule has 13 heavy (non-hydrogen) atoms. The Morgan fingerprint density at radius 2 is 1.69 bits per heavy atom. The quantitative estimate of drug-likeness (QED) is 0.612. The van der Waals surface area contributed by atoms with Crippen LogP contribution in [0.2, 0.25) is 0 Å². The molecule has 4 aliphatic carbocycles. The third kappa shape index (κ3) is 0.855. The summed E-state index contributed by atoms with van der Waals surface area (Å²) < 4.78 is 14.4. The average molecular weight is 184 g/mol. The molecule has 3 unspecified atom stereocenters. The first-order valence-electron chi connectivity index (χ1n) is 5.42. The molecular formula is C11H17FO. The van der Waals surface area contributed by atoms with Gasteiger partial charge in [-0.1, -0.05) is 0 Å². The number of rotatable bonds is 0. The van der Waals surface area contributed by atoms with Gasteiger partial charge in [0.05, 0.1) is 5.60 Å². The van der Waals surface area contributed by atoms with Gasteiger partial charge in [0.15, 0.2) is 0 Å². The van der Waals surface area contributed by atoms with Crippen molar-refractivity contribution < 1.29 is 9.50 Å². The Kier molecular flexibility index (Phi) is 1.33. The minimum atomic E-state index is -1.25. The summed E-state index contributed by atoms with van der Waals surface area (Å²) in [6.45, 7) is 1.72. The van der Waals surface area contributed by atoms with Gasteiger partial charge >= 0.3 is 0 Å². The van der Waals surface area contributed by atoms with Crippen LogP contribution in [0.4, 0.5) is 4.39 Å². The SMILES string of the molecule is CC1(O)C2CC3CC(C2)CC1(F)C3. The van der Waals surface area contributed by atoms with Crippen molar-refractivity contribution in [2.75, 3.05) is 0 Å². The normalized spacial score (nSPS) is 64.4. The van der Waals surface area contributed by atoms with E-state index in [0.29, 0.717) is 24.7 Å². The van der Waals surface area contributed by atoms with Gasteiger partial charge in [-0.05, 0) is 56.8 Å². The van der Waals surface area contributed by atoms with Crippen molar-refractivity contribution in [3.8, 4) is 0 Å². The van der Waals surface area contributed by atoms with Gasteiger partial charge in [-0.25, -0.2) is 4.39 Å². The van der Waals surface area contributed by atoms with E-state index in [4.69, 9.17) is 0 Å². The van der Waals surface area contributed by atoms with Crippen LogP contribution in [-0.4, -0.2) is 16.4 Å². The maximum absolute atomic E-state index is 14.4. The molecule has 2 heteroatoms. The summed E-state index contributed by atoms with van der Waals surface area (Å²) in [7, 11) is 0. The summed E-state index contributed by atoms with van der Waals surface area (Å²) in [5.74, 6) is 1.38. The molecule has 0 spiro atoms. The number of halogens is 1. The van der Waals surface area contributed by atoms with Gasteiger partial charge in [0.1, 0.15) is 5.67 Å². The molecule has 0 aromatic rings.